The van der Waals surface area contributed by atoms with Crippen LogP contribution in [0.3, 0.4) is 0 Å². The van der Waals surface area contributed by atoms with Gasteiger partial charge in [-0.2, -0.15) is 5.10 Å². The molecule has 0 spiro atoms. The quantitative estimate of drug-likeness (QED) is 0.229. The second-order valence-corrected chi connectivity index (χ2v) is 9.81. The standard InChI is InChI=1S/C28H28Cl2N4O3/c1-5-36-10-11-37-16-19-14-25(31-34(19)4)17-6-9-26-21(12-17)22-15-23(20-8-7-18(29)13-24(20)30)28(35)33(3)27(22)32(26)2/h6-9,12-15H,5,10-11,16H2,1-4H3. The Bertz CT molecular complexity index is 1680. The van der Waals surface area contributed by atoms with Gasteiger partial charge >= 0.3 is 0 Å². The van der Waals surface area contributed by atoms with Crippen molar-refractivity contribution >= 4 is 45.1 Å². The van der Waals surface area contributed by atoms with Crippen molar-refractivity contribution in [1.82, 2.24) is 18.9 Å². The van der Waals surface area contributed by atoms with Crippen LogP contribution in [0, 0.1) is 0 Å². The van der Waals surface area contributed by atoms with Gasteiger partial charge in [0.25, 0.3) is 5.56 Å². The van der Waals surface area contributed by atoms with Crippen LogP contribution in [0.15, 0.2) is 53.3 Å². The Labute approximate surface area is 224 Å². The van der Waals surface area contributed by atoms with Crippen molar-refractivity contribution in [2.24, 2.45) is 21.1 Å². The molecular formula is C28H28Cl2N4O3. The van der Waals surface area contributed by atoms with Crippen LogP contribution in [-0.2, 0) is 37.2 Å². The molecule has 192 valence electrons. The lowest BCUT2D eigenvalue weighted by Gasteiger charge is -2.09. The summed E-state index contributed by atoms with van der Waals surface area (Å²) < 4.78 is 16.6. The molecule has 0 fully saturated rings. The summed E-state index contributed by atoms with van der Waals surface area (Å²) in [5.41, 5.74) is 5.72. The monoisotopic (exact) mass is 538 g/mol. The fourth-order valence-corrected chi connectivity index (χ4v) is 5.28. The van der Waals surface area contributed by atoms with Crippen LogP contribution in [0.5, 0.6) is 0 Å². The van der Waals surface area contributed by atoms with Gasteiger partial charge < -0.3 is 14.0 Å². The molecular weight excluding hydrogens is 511 g/mol. The summed E-state index contributed by atoms with van der Waals surface area (Å²) in [5.74, 6) is 0. The highest BCUT2D eigenvalue weighted by molar-refractivity contribution is 6.36. The van der Waals surface area contributed by atoms with Gasteiger partial charge in [0.1, 0.15) is 5.65 Å². The van der Waals surface area contributed by atoms with Crippen LogP contribution >= 0.6 is 23.2 Å². The van der Waals surface area contributed by atoms with Crippen molar-refractivity contribution in [2.45, 2.75) is 13.5 Å². The molecule has 0 unspecified atom stereocenters. The molecule has 7 nitrogen and oxygen atoms in total. The molecule has 0 N–H and O–H groups in total. The molecule has 2 aromatic carbocycles. The topological polar surface area (TPSA) is 63.2 Å². The third kappa shape index (κ3) is 4.68. The van der Waals surface area contributed by atoms with Crippen molar-refractivity contribution in [2.75, 3.05) is 19.8 Å². The number of pyridine rings is 1. The van der Waals surface area contributed by atoms with Crippen molar-refractivity contribution in [3.8, 4) is 22.4 Å². The number of fused-ring (bicyclic) bond motifs is 3. The highest BCUT2D eigenvalue weighted by atomic mass is 35.5. The van der Waals surface area contributed by atoms with Crippen LogP contribution in [0.1, 0.15) is 12.6 Å². The number of hydrogen-bond donors (Lipinski definition) is 0. The molecule has 3 heterocycles. The molecule has 5 rings (SSSR count). The first-order valence-corrected chi connectivity index (χ1v) is 12.8. The molecule has 0 bridgehead atoms. The van der Waals surface area contributed by atoms with Gasteiger partial charge in [-0.05, 0) is 43.3 Å². The van der Waals surface area contributed by atoms with E-state index in [1.165, 1.54) is 0 Å². The highest BCUT2D eigenvalue weighted by Gasteiger charge is 2.18. The van der Waals surface area contributed by atoms with Gasteiger partial charge in [0.15, 0.2) is 0 Å². The first-order valence-electron chi connectivity index (χ1n) is 12.1. The van der Waals surface area contributed by atoms with Gasteiger partial charge in [0, 0.05) is 60.2 Å². The van der Waals surface area contributed by atoms with Gasteiger partial charge in [0.2, 0.25) is 0 Å². The second-order valence-electron chi connectivity index (χ2n) is 8.97. The first kappa shape index (κ1) is 25.5. The summed E-state index contributed by atoms with van der Waals surface area (Å²) >= 11 is 12.6. The molecule has 0 aliphatic heterocycles. The lowest BCUT2D eigenvalue weighted by molar-refractivity contribution is 0.0430. The lowest BCUT2D eigenvalue weighted by Crippen LogP contribution is -2.20. The van der Waals surface area contributed by atoms with Crippen LogP contribution < -0.4 is 5.56 Å². The predicted molar refractivity (Wildman–Crippen MR) is 149 cm³/mol. The lowest BCUT2D eigenvalue weighted by atomic mass is 10.0. The minimum atomic E-state index is -0.124. The summed E-state index contributed by atoms with van der Waals surface area (Å²) in [4.78, 5) is 13.3. The van der Waals surface area contributed by atoms with E-state index in [0.717, 1.165) is 38.9 Å². The molecule has 0 saturated carbocycles. The normalized spacial score (nSPS) is 11.7. The highest BCUT2D eigenvalue weighted by Crippen LogP contribution is 2.35. The fraction of sp³-hybridized carbons (Fsp3) is 0.286. The maximum atomic E-state index is 13.3. The third-order valence-electron chi connectivity index (χ3n) is 6.67. The van der Waals surface area contributed by atoms with E-state index < -0.39 is 0 Å². The number of aryl methyl sites for hydroxylation is 3. The maximum Gasteiger partial charge on any atom is 0.259 e. The molecule has 0 amide bonds. The summed E-state index contributed by atoms with van der Waals surface area (Å²) in [5, 5.41) is 7.66. The Hall–Kier alpha value is -3.10. The zero-order valence-electron chi connectivity index (χ0n) is 21.2. The summed E-state index contributed by atoms with van der Waals surface area (Å²) in [7, 11) is 5.67. The molecule has 0 aliphatic carbocycles. The van der Waals surface area contributed by atoms with Crippen molar-refractivity contribution in [1.29, 1.82) is 0 Å². The molecule has 0 atom stereocenters. The molecule has 0 saturated heterocycles. The molecule has 9 heteroatoms. The van der Waals surface area contributed by atoms with Crippen molar-refractivity contribution in [3.63, 3.8) is 0 Å². The Morgan fingerprint density at radius 1 is 0.865 bits per heavy atom. The first-order chi connectivity index (χ1) is 17.8. The average molecular weight is 539 g/mol. The minimum absolute atomic E-state index is 0.124. The van der Waals surface area contributed by atoms with Crippen LogP contribution in [0.2, 0.25) is 10.0 Å². The van der Waals surface area contributed by atoms with Crippen LogP contribution in [0.25, 0.3) is 44.3 Å². The molecule has 0 radical (unpaired) electrons. The van der Waals surface area contributed by atoms with Crippen LogP contribution in [0.4, 0.5) is 0 Å². The fourth-order valence-electron chi connectivity index (χ4n) is 4.77. The van der Waals surface area contributed by atoms with E-state index in [0.29, 0.717) is 47.6 Å². The minimum Gasteiger partial charge on any atom is -0.379 e. The zero-order valence-corrected chi connectivity index (χ0v) is 22.7. The van der Waals surface area contributed by atoms with Gasteiger partial charge in [-0.25, -0.2) is 0 Å². The number of hydrogen-bond acceptors (Lipinski definition) is 4. The third-order valence-corrected chi connectivity index (χ3v) is 7.22. The van der Waals surface area contributed by atoms with Crippen molar-refractivity contribution in [3.05, 3.63) is 74.6 Å². The summed E-state index contributed by atoms with van der Waals surface area (Å²) in [6.07, 6.45) is 0. The SMILES string of the molecule is CCOCCOCc1cc(-c2ccc3c(c2)c2cc(-c4ccc(Cl)cc4Cl)c(=O)n(C)c2n3C)nn1C. The molecule has 0 aliphatic rings. The zero-order chi connectivity index (χ0) is 26.3. The van der Waals surface area contributed by atoms with Gasteiger partial charge in [0.05, 0.1) is 41.7 Å². The molecule has 37 heavy (non-hydrogen) atoms. The summed E-state index contributed by atoms with van der Waals surface area (Å²) in [6, 6.07) is 15.4. The van der Waals surface area contributed by atoms with Gasteiger partial charge in [-0.3, -0.25) is 14.0 Å². The van der Waals surface area contributed by atoms with E-state index in [1.54, 1.807) is 29.8 Å². The van der Waals surface area contributed by atoms with E-state index in [4.69, 9.17) is 37.8 Å². The van der Waals surface area contributed by atoms with Gasteiger partial charge in [-0.1, -0.05) is 35.3 Å². The number of ether oxygens (including phenoxy) is 2. The predicted octanol–water partition coefficient (Wildman–Crippen LogP) is 5.96. The van der Waals surface area contributed by atoms with E-state index in [-0.39, 0.29) is 5.56 Å². The summed E-state index contributed by atoms with van der Waals surface area (Å²) in [6.45, 7) is 4.21. The Morgan fingerprint density at radius 3 is 2.41 bits per heavy atom. The Kier molecular flexibility index (Phi) is 7.14. The van der Waals surface area contributed by atoms with Crippen LogP contribution in [-0.4, -0.2) is 38.7 Å². The van der Waals surface area contributed by atoms with Gasteiger partial charge in [-0.15, -0.1) is 0 Å². The van der Waals surface area contributed by atoms with E-state index in [9.17, 15) is 4.79 Å². The van der Waals surface area contributed by atoms with E-state index in [2.05, 4.69) is 18.2 Å². The van der Waals surface area contributed by atoms with Crippen molar-refractivity contribution < 1.29 is 9.47 Å². The maximum absolute atomic E-state index is 13.3. The van der Waals surface area contributed by atoms with E-state index >= 15 is 0 Å². The average Bonchev–Trinajstić information content (AvgIpc) is 3.38. The molecule has 5 aromatic rings. The number of aromatic nitrogens is 4. The largest absolute Gasteiger partial charge is 0.379 e. The Morgan fingerprint density at radius 2 is 1.65 bits per heavy atom. The van der Waals surface area contributed by atoms with E-state index in [1.807, 2.05) is 42.4 Å². The smallest absolute Gasteiger partial charge is 0.259 e. The molecule has 3 aromatic heterocycles. The second kappa shape index (κ2) is 10.3. The number of benzene rings is 2. The Balaban J connectivity index is 1.59. The number of rotatable bonds is 8. The number of nitrogens with zero attached hydrogens (tertiary/aromatic N) is 4. The number of halogens is 2.